The molecular weight excluding hydrogens is 142 g/mol. The third kappa shape index (κ3) is 1.82. The van der Waals surface area contributed by atoms with Crippen LogP contribution in [0.3, 0.4) is 0 Å². The average molecular weight is 155 g/mol. The summed E-state index contributed by atoms with van der Waals surface area (Å²) in [6.07, 6.45) is 0. The summed E-state index contributed by atoms with van der Waals surface area (Å²) in [7, 11) is 0. The summed E-state index contributed by atoms with van der Waals surface area (Å²) in [5.74, 6) is 1.57. The van der Waals surface area contributed by atoms with Gasteiger partial charge in [0.05, 0.1) is 12.5 Å². The van der Waals surface area contributed by atoms with E-state index in [0.29, 0.717) is 6.54 Å². The first-order chi connectivity index (χ1) is 5.27. The molecule has 0 bridgehead atoms. The third-order valence-corrected chi connectivity index (χ3v) is 1.67. The van der Waals surface area contributed by atoms with Crippen LogP contribution >= 0.6 is 0 Å². The van der Waals surface area contributed by atoms with E-state index in [9.17, 15) is 0 Å². The fraction of sp³-hybridized carbons (Fsp3) is 0.500. The lowest BCUT2D eigenvalue weighted by atomic mass is 10.1. The zero-order valence-corrected chi connectivity index (χ0v) is 6.58. The first-order valence-electron chi connectivity index (χ1n) is 3.65. The smallest absolute Gasteiger partial charge is 0.110 e. The van der Waals surface area contributed by atoms with Gasteiger partial charge in [-0.1, -0.05) is 0 Å². The van der Waals surface area contributed by atoms with Gasteiger partial charge in [-0.05, 0) is 19.1 Å². The summed E-state index contributed by atoms with van der Waals surface area (Å²) in [5, 5.41) is 8.85. The van der Waals surface area contributed by atoms with Crippen molar-refractivity contribution in [2.75, 3.05) is 13.2 Å². The maximum absolute atomic E-state index is 8.85. The first kappa shape index (κ1) is 8.30. The lowest BCUT2D eigenvalue weighted by molar-refractivity contribution is 0.250. The lowest BCUT2D eigenvalue weighted by Gasteiger charge is -2.06. The molecule has 0 fully saturated rings. The highest BCUT2D eigenvalue weighted by atomic mass is 16.3. The Labute approximate surface area is 65.8 Å². The molecule has 0 aromatic carbocycles. The Hall–Kier alpha value is -0.800. The van der Waals surface area contributed by atoms with Gasteiger partial charge in [0.1, 0.15) is 11.5 Å². The second-order valence-corrected chi connectivity index (χ2v) is 2.56. The van der Waals surface area contributed by atoms with Gasteiger partial charge in [0.15, 0.2) is 0 Å². The molecule has 0 saturated heterocycles. The topological polar surface area (TPSA) is 59.4 Å². The maximum Gasteiger partial charge on any atom is 0.110 e. The van der Waals surface area contributed by atoms with Crippen molar-refractivity contribution in [2.24, 2.45) is 5.73 Å². The van der Waals surface area contributed by atoms with Gasteiger partial charge in [0, 0.05) is 6.54 Å². The molecule has 0 spiro atoms. The molecule has 3 heteroatoms. The van der Waals surface area contributed by atoms with Crippen LogP contribution in [-0.4, -0.2) is 18.3 Å². The number of aliphatic hydroxyl groups is 1. The Morgan fingerprint density at radius 3 is 2.73 bits per heavy atom. The van der Waals surface area contributed by atoms with Gasteiger partial charge in [0.2, 0.25) is 0 Å². The first-order valence-corrected chi connectivity index (χ1v) is 3.65. The van der Waals surface area contributed by atoms with Gasteiger partial charge >= 0.3 is 0 Å². The van der Waals surface area contributed by atoms with Crippen molar-refractivity contribution in [1.82, 2.24) is 0 Å². The van der Waals surface area contributed by atoms with Crippen LogP contribution in [0.2, 0.25) is 0 Å². The van der Waals surface area contributed by atoms with Gasteiger partial charge in [0.25, 0.3) is 0 Å². The molecule has 0 aliphatic carbocycles. The average Bonchev–Trinajstić information content (AvgIpc) is 2.39. The van der Waals surface area contributed by atoms with Gasteiger partial charge in [-0.2, -0.15) is 0 Å². The van der Waals surface area contributed by atoms with Crippen LogP contribution in [0.4, 0.5) is 0 Å². The van der Waals surface area contributed by atoms with Crippen LogP contribution in [-0.2, 0) is 0 Å². The number of aliphatic hydroxyl groups excluding tert-OH is 1. The SMILES string of the molecule is Cc1ccc(C(CN)CO)o1. The molecule has 1 unspecified atom stereocenters. The van der Waals surface area contributed by atoms with Crippen molar-refractivity contribution in [3.05, 3.63) is 23.7 Å². The fourth-order valence-corrected chi connectivity index (χ4v) is 0.953. The Morgan fingerprint density at radius 1 is 1.64 bits per heavy atom. The Kier molecular flexibility index (Phi) is 2.68. The second-order valence-electron chi connectivity index (χ2n) is 2.56. The number of aryl methyl sites for hydroxylation is 1. The molecule has 1 rings (SSSR count). The number of hydrogen-bond acceptors (Lipinski definition) is 3. The quantitative estimate of drug-likeness (QED) is 0.672. The number of furan rings is 1. The van der Waals surface area contributed by atoms with Crippen molar-refractivity contribution < 1.29 is 9.52 Å². The Morgan fingerprint density at radius 2 is 2.36 bits per heavy atom. The minimum absolute atomic E-state index is 0.0451. The number of hydrogen-bond donors (Lipinski definition) is 2. The molecule has 1 aromatic heterocycles. The standard InChI is InChI=1S/C8H13NO2/c1-6-2-3-8(11-6)7(4-9)5-10/h2-3,7,10H,4-5,9H2,1H3. The van der Waals surface area contributed by atoms with Gasteiger partial charge < -0.3 is 15.3 Å². The molecule has 0 aliphatic heterocycles. The summed E-state index contributed by atoms with van der Waals surface area (Å²) in [4.78, 5) is 0. The summed E-state index contributed by atoms with van der Waals surface area (Å²) in [6, 6.07) is 3.72. The summed E-state index contributed by atoms with van der Waals surface area (Å²) < 4.78 is 5.29. The monoisotopic (exact) mass is 155 g/mol. The zero-order valence-electron chi connectivity index (χ0n) is 6.58. The molecule has 1 heterocycles. The largest absolute Gasteiger partial charge is 0.466 e. The van der Waals surface area contributed by atoms with E-state index in [2.05, 4.69) is 0 Å². The van der Waals surface area contributed by atoms with Gasteiger partial charge in [-0.15, -0.1) is 0 Å². The van der Waals surface area contributed by atoms with Crippen LogP contribution in [0.1, 0.15) is 17.4 Å². The Bertz CT molecular complexity index is 216. The highest BCUT2D eigenvalue weighted by molar-refractivity contribution is 5.10. The molecule has 0 radical (unpaired) electrons. The molecule has 0 amide bonds. The van der Waals surface area contributed by atoms with E-state index in [1.807, 2.05) is 19.1 Å². The molecule has 62 valence electrons. The highest BCUT2D eigenvalue weighted by Crippen LogP contribution is 2.16. The van der Waals surface area contributed by atoms with Crippen LogP contribution in [0, 0.1) is 6.92 Å². The van der Waals surface area contributed by atoms with E-state index >= 15 is 0 Å². The minimum Gasteiger partial charge on any atom is -0.466 e. The van der Waals surface area contributed by atoms with Crippen molar-refractivity contribution in [3.63, 3.8) is 0 Å². The van der Waals surface area contributed by atoms with Gasteiger partial charge in [-0.3, -0.25) is 0 Å². The van der Waals surface area contributed by atoms with Crippen molar-refractivity contribution in [2.45, 2.75) is 12.8 Å². The van der Waals surface area contributed by atoms with Gasteiger partial charge in [-0.25, -0.2) is 0 Å². The zero-order chi connectivity index (χ0) is 8.27. The van der Waals surface area contributed by atoms with Crippen LogP contribution in [0.15, 0.2) is 16.5 Å². The molecule has 0 saturated carbocycles. The fourth-order valence-electron chi connectivity index (χ4n) is 0.953. The number of rotatable bonds is 3. The molecule has 11 heavy (non-hydrogen) atoms. The molecular formula is C8H13NO2. The third-order valence-electron chi connectivity index (χ3n) is 1.67. The molecule has 3 N–H and O–H groups in total. The lowest BCUT2D eigenvalue weighted by Crippen LogP contribution is -2.15. The predicted octanol–water partition coefficient (Wildman–Crippen LogP) is 0.623. The van der Waals surface area contributed by atoms with Crippen LogP contribution < -0.4 is 5.73 Å². The molecule has 3 nitrogen and oxygen atoms in total. The normalized spacial score (nSPS) is 13.4. The Balaban J connectivity index is 2.73. The predicted molar refractivity (Wildman–Crippen MR) is 42.3 cm³/mol. The van der Waals surface area contributed by atoms with Crippen molar-refractivity contribution in [3.8, 4) is 0 Å². The van der Waals surface area contributed by atoms with Crippen LogP contribution in [0.25, 0.3) is 0 Å². The molecule has 1 aromatic rings. The maximum atomic E-state index is 8.85. The van der Waals surface area contributed by atoms with E-state index in [4.69, 9.17) is 15.3 Å². The molecule has 0 aliphatic rings. The number of nitrogens with two attached hydrogens (primary N) is 1. The summed E-state index contributed by atoms with van der Waals surface area (Å²) in [6.45, 7) is 2.33. The van der Waals surface area contributed by atoms with Crippen molar-refractivity contribution >= 4 is 0 Å². The van der Waals surface area contributed by atoms with E-state index in [-0.39, 0.29) is 12.5 Å². The van der Waals surface area contributed by atoms with E-state index in [1.165, 1.54) is 0 Å². The summed E-state index contributed by atoms with van der Waals surface area (Å²) in [5.41, 5.74) is 5.40. The summed E-state index contributed by atoms with van der Waals surface area (Å²) >= 11 is 0. The van der Waals surface area contributed by atoms with Crippen molar-refractivity contribution in [1.29, 1.82) is 0 Å². The highest BCUT2D eigenvalue weighted by Gasteiger charge is 2.11. The van der Waals surface area contributed by atoms with Crippen LogP contribution in [0.5, 0.6) is 0 Å². The molecule has 1 atom stereocenters. The van der Waals surface area contributed by atoms with E-state index in [0.717, 1.165) is 11.5 Å². The minimum atomic E-state index is -0.0521. The van der Waals surface area contributed by atoms with E-state index in [1.54, 1.807) is 0 Å². The second kappa shape index (κ2) is 3.55. The van der Waals surface area contributed by atoms with E-state index < -0.39 is 0 Å².